The number of nitrogens with zero attached hydrogens (tertiary/aromatic N) is 2. The molecule has 0 saturated heterocycles. The molecule has 0 aliphatic rings. The van der Waals surface area contributed by atoms with E-state index in [0.717, 1.165) is 0 Å². The fourth-order valence-corrected chi connectivity index (χ4v) is 1.11. The lowest BCUT2D eigenvalue weighted by molar-refractivity contribution is -0.127. The lowest BCUT2D eigenvalue weighted by Gasteiger charge is -2.10. The van der Waals surface area contributed by atoms with Crippen LogP contribution < -0.4 is 5.32 Å². The molecule has 17 heavy (non-hydrogen) atoms. The molecule has 0 unspecified atom stereocenters. The first kappa shape index (κ1) is 12.7. The Morgan fingerprint density at radius 1 is 1.29 bits per heavy atom. The lowest BCUT2D eigenvalue weighted by atomic mass is 10.1. The summed E-state index contributed by atoms with van der Waals surface area (Å²) in [6.45, 7) is -0.0359. The highest BCUT2D eigenvalue weighted by molar-refractivity contribution is 5.96. The van der Waals surface area contributed by atoms with Gasteiger partial charge in [-0.05, 0) is 24.3 Å². The molecule has 0 aromatic heterocycles. The van der Waals surface area contributed by atoms with E-state index >= 15 is 0 Å². The first-order chi connectivity index (χ1) is 8.04. The van der Waals surface area contributed by atoms with E-state index in [0.29, 0.717) is 11.1 Å². The van der Waals surface area contributed by atoms with Gasteiger partial charge in [0.15, 0.2) is 0 Å². The number of carbonyl (C=O) groups is 2. The minimum Gasteiger partial charge on any atom is -0.347 e. The molecule has 0 heterocycles. The number of hydrogen-bond donors (Lipinski definition) is 1. The number of nitriles is 1. The summed E-state index contributed by atoms with van der Waals surface area (Å²) < 4.78 is 0. The number of hydrogen-bond acceptors (Lipinski definition) is 3. The summed E-state index contributed by atoms with van der Waals surface area (Å²) in [4.78, 5) is 24.3. The Morgan fingerprint density at radius 3 is 2.35 bits per heavy atom. The first-order valence-corrected chi connectivity index (χ1v) is 5.03. The highest BCUT2D eigenvalue weighted by atomic mass is 16.2. The second-order valence-corrected chi connectivity index (χ2v) is 3.66. The van der Waals surface area contributed by atoms with Gasteiger partial charge >= 0.3 is 0 Å². The molecule has 0 saturated carbocycles. The molecule has 1 aromatic rings. The van der Waals surface area contributed by atoms with Gasteiger partial charge in [0, 0.05) is 19.7 Å². The van der Waals surface area contributed by atoms with Crippen molar-refractivity contribution in [3.05, 3.63) is 35.4 Å². The topological polar surface area (TPSA) is 73.2 Å². The van der Waals surface area contributed by atoms with Crippen LogP contribution in [0.25, 0.3) is 0 Å². The van der Waals surface area contributed by atoms with Crippen LogP contribution in [0.3, 0.4) is 0 Å². The Morgan fingerprint density at radius 2 is 1.88 bits per heavy atom. The van der Waals surface area contributed by atoms with Crippen molar-refractivity contribution in [1.29, 1.82) is 5.26 Å². The van der Waals surface area contributed by atoms with Gasteiger partial charge in [-0.15, -0.1) is 0 Å². The summed E-state index contributed by atoms with van der Waals surface area (Å²) in [7, 11) is 3.24. The summed E-state index contributed by atoms with van der Waals surface area (Å²) in [6.07, 6.45) is 0. The van der Waals surface area contributed by atoms with Crippen LogP contribution in [0, 0.1) is 11.3 Å². The van der Waals surface area contributed by atoms with E-state index in [1.807, 2.05) is 6.07 Å². The average molecular weight is 231 g/mol. The van der Waals surface area contributed by atoms with E-state index in [2.05, 4.69) is 5.32 Å². The summed E-state index contributed by atoms with van der Waals surface area (Å²) in [6, 6.07) is 8.18. The molecule has 88 valence electrons. The molecular formula is C12H13N3O2. The number of rotatable bonds is 3. The van der Waals surface area contributed by atoms with E-state index in [9.17, 15) is 9.59 Å². The zero-order valence-corrected chi connectivity index (χ0v) is 9.73. The Labute approximate surface area is 99.6 Å². The molecule has 0 bridgehead atoms. The molecule has 1 N–H and O–H groups in total. The summed E-state index contributed by atoms with van der Waals surface area (Å²) in [5.41, 5.74) is 0.918. The Bertz CT molecular complexity index is 458. The third-order valence-corrected chi connectivity index (χ3v) is 2.18. The van der Waals surface area contributed by atoms with E-state index in [1.54, 1.807) is 38.4 Å². The van der Waals surface area contributed by atoms with Crippen LogP contribution in [0.2, 0.25) is 0 Å². The Hall–Kier alpha value is -2.35. The van der Waals surface area contributed by atoms with Gasteiger partial charge in [-0.3, -0.25) is 9.59 Å². The van der Waals surface area contributed by atoms with Gasteiger partial charge in [0.25, 0.3) is 5.91 Å². The summed E-state index contributed by atoms with van der Waals surface area (Å²) in [5.74, 6) is -0.503. The van der Waals surface area contributed by atoms with Crippen molar-refractivity contribution in [2.75, 3.05) is 20.6 Å². The number of nitrogens with one attached hydrogen (secondary N) is 1. The number of likely N-dealkylation sites (N-methyl/N-ethyl adjacent to an activating group) is 1. The highest BCUT2D eigenvalue weighted by Crippen LogP contribution is 2.02. The fourth-order valence-electron chi connectivity index (χ4n) is 1.11. The third-order valence-electron chi connectivity index (χ3n) is 2.18. The van der Waals surface area contributed by atoms with Crippen LogP contribution in [0.1, 0.15) is 15.9 Å². The molecule has 0 aliphatic heterocycles. The second-order valence-electron chi connectivity index (χ2n) is 3.66. The SMILES string of the molecule is CN(C)C(=O)CNC(=O)c1ccc(C#N)cc1. The minimum atomic E-state index is -0.329. The lowest BCUT2D eigenvalue weighted by Crippen LogP contribution is -2.36. The first-order valence-electron chi connectivity index (χ1n) is 5.03. The maximum absolute atomic E-state index is 11.6. The molecule has 2 amide bonds. The predicted molar refractivity (Wildman–Crippen MR) is 62.2 cm³/mol. The van der Waals surface area contributed by atoms with Crippen molar-refractivity contribution in [3.63, 3.8) is 0 Å². The number of carbonyl (C=O) groups excluding carboxylic acids is 2. The van der Waals surface area contributed by atoms with Crippen molar-refractivity contribution in [1.82, 2.24) is 10.2 Å². The van der Waals surface area contributed by atoms with Gasteiger partial charge in [0.05, 0.1) is 18.2 Å². The number of benzene rings is 1. The van der Waals surface area contributed by atoms with Crippen molar-refractivity contribution in [2.45, 2.75) is 0 Å². The highest BCUT2D eigenvalue weighted by Gasteiger charge is 2.08. The summed E-state index contributed by atoms with van der Waals surface area (Å²) >= 11 is 0. The zero-order chi connectivity index (χ0) is 12.8. The minimum absolute atomic E-state index is 0.0359. The molecule has 0 spiro atoms. The third kappa shape index (κ3) is 3.61. The van der Waals surface area contributed by atoms with Crippen LogP contribution in [-0.4, -0.2) is 37.4 Å². The van der Waals surface area contributed by atoms with Gasteiger partial charge < -0.3 is 10.2 Å². The van der Waals surface area contributed by atoms with Crippen LogP contribution >= 0.6 is 0 Å². The molecular weight excluding hydrogens is 218 g/mol. The molecule has 0 fully saturated rings. The van der Waals surface area contributed by atoms with Crippen molar-refractivity contribution in [2.24, 2.45) is 0 Å². The van der Waals surface area contributed by atoms with Crippen molar-refractivity contribution < 1.29 is 9.59 Å². The van der Waals surface area contributed by atoms with E-state index in [1.165, 1.54) is 4.90 Å². The van der Waals surface area contributed by atoms with E-state index in [-0.39, 0.29) is 18.4 Å². The van der Waals surface area contributed by atoms with Crippen LogP contribution in [0.4, 0.5) is 0 Å². The van der Waals surface area contributed by atoms with Crippen molar-refractivity contribution >= 4 is 11.8 Å². The predicted octanol–water partition coefficient (Wildman–Crippen LogP) is 0.376. The molecule has 1 aromatic carbocycles. The molecule has 0 atom stereocenters. The zero-order valence-electron chi connectivity index (χ0n) is 9.73. The largest absolute Gasteiger partial charge is 0.347 e. The van der Waals surface area contributed by atoms with Crippen LogP contribution in [0.5, 0.6) is 0 Å². The Kier molecular flexibility index (Phi) is 4.23. The van der Waals surface area contributed by atoms with E-state index < -0.39 is 0 Å². The number of amides is 2. The smallest absolute Gasteiger partial charge is 0.251 e. The van der Waals surface area contributed by atoms with Crippen LogP contribution in [0.15, 0.2) is 24.3 Å². The van der Waals surface area contributed by atoms with Gasteiger partial charge in [-0.2, -0.15) is 5.26 Å². The van der Waals surface area contributed by atoms with Crippen LogP contribution in [-0.2, 0) is 4.79 Å². The van der Waals surface area contributed by atoms with Crippen molar-refractivity contribution in [3.8, 4) is 6.07 Å². The summed E-state index contributed by atoms with van der Waals surface area (Å²) in [5, 5.41) is 11.1. The van der Waals surface area contributed by atoms with Gasteiger partial charge in [-0.1, -0.05) is 0 Å². The molecule has 5 nitrogen and oxygen atoms in total. The van der Waals surface area contributed by atoms with Gasteiger partial charge in [0.2, 0.25) is 5.91 Å². The fraction of sp³-hybridized carbons (Fsp3) is 0.250. The monoisotopic (exact) mass is 231 g/mol. The maximum atomic E-state index is 11.6. The Balaban J connectivity index is 2.59. The normalized spacial score (nSPS) is 9.24. The quantitative estimate of drug-likeness (QED) is 0.817. The average Bonchev–Trinajstić information content (AvgIpc) is 2.35. The second kappa shape index (κ2) is 5.66. The van der Waals surface area contributed by atoms with E-state index in [4.69, 9.17) is 5.26 Å². The van der Waals surface area contributed by atoms with Gasteiger partial charge in [0.1, 0.15) is 0 Å². The molecule has 0 aliphatic carbocycles. The molecule has 1 rings (SSSR count). The molecule has 0 radical (unpaired) electrons. The maximum Gasteiger partial charge on any atom is 0.251 e. The standard InChI is InChI=1S/C12H13N3O2/c1-15(2)11(16)8-14-12(17)10-5-3-9(7-13)4-6-10/h3-6H,8H2,1-2H3,(H,14,17). The van der Waals surface area contributed by atoms with Gasteiger partial charge in [-0.25, -0.2) is 0 Å². The molecule has 5 heteroatoms.